The SMILES string of the molecule is Cc1cncc(C(O)Cc2cc(Cl)cc3c2OCC3)c1. The number of hydrogen-bond donors (Lipinski definition) is 1. The number of halogens is 1. The fourth-order valence-electron chi connectivity index (χ4n) is 2.58. The van der Waals surface area contributed by atoms with Crippen molar-refractivity contribution in [2.24, 2.45) is 0 Å². The van der Waals surface area contributed by atoms with Gasteiger partial charge in [0, 0.05) is 30.3 Å². The fraction of sp³-hybridized carbons (Fsp3) is 0.312. The van der Waals surface area contributed by atoms with E-state index in [1.54, 1.807) is 12.4 Å². The number of hydrogen-bond acceptors (Lipinski definition) is 3. The molecule has 3 nitrogen and oxygen atoms in total. The number of nitrogens with zero attached hydrogens (tertiary/aromatic N) is 1. The molecule has 1 aromatic heterocycles. The second-order valence-electron chi connectivity index (χ2n) is 5.17. The molecule has 1 N–H and O–H groups in total. The number of ether oxygens (including phenoxy) is 1. The maximum absolute atomic E-state index is 10.4. The summed E-state index contributed by atoms with van der Waals surface area (Å²) in [7, 11) is 0. The molecule has 0 aliphatic carbocycles. The highest BCUT2D eigenvalue weighted by Gasteiger charge is 2.20. The third kappa shape index (κ3) is 2.65. The molecular weight excluding hydrogens is 274 g/mol. The molecule has 0 fully saturated rings. The van der Waals surface area contributed by atoms with E-state index in [4.69, 9.17) is 16.3 Å². The van der Waals surface area contributed by atoms with Crippen LogP contribution in [0.2, 0.25) is 5.02 Å². The van der Waals surface area contributed by atoms with Crippen molar-refractivity contribution in [2.45, 2.75) is 25.9 Å². The zero-order valence-electron chi connectivity index (χ0n) is 11.3. The minimum atomic E-state index is -0.603. The summed E-state index contributed by atoms with van der Waals surface area (Å²) in [5, 5.41) is 11.1. The van der Waals surface area contributed by atoms with Crippen molar-refractivity contribution in [1.82, 2.24) is 4.98 Å². The molecule has 1 aliphatic heterocycles. The second-order valence-corrected chi connectivity index (χ2v) is 5.60. The van der Waals surface area contributed by atoms with Crippen LogP contribution in [-0.4, -0.2) is 16.7 Å². The molecular formula is C16H16ClNO2. The van der Waals surface area contributed by atoms with E-state index in [0.717, 1.165) is 34.4 Å². The summed E-state index contributed by atoms with van der Waals surface area (Å²) in [5.74, 6) is 0.883. The van der Waals surface area contributed by atoms with Crippen LogP contribution in [0.4, 0.5) is 0 Å². The average molecular weight is 290 g/mol. The van der Waals surface area contributed by atoms with Crippen LogP contribution in [0.15, 0.2) is 30.6 Å². The number of benzene rings is 1. The first-order valence-corrected chi connectivity index (χ1v) is 7.05. The molecule has 4 heteroatoms. The Morgan fingerprint density at radius 2 is 2.20 bits per heavy atom. The van der Waals surface area contributed by atoms with E-state index in [1.165, 1.54) is 0 Å². The molecule has 0 spiro atoms. The van der Waals surface area contributed by atoms with E-state index in [9.17, 15) is 5.11 Å². The molecule has 1 atom stereocenters. The van der Waals surface area contributed by atoms with E-state index < -0.39 is 6.10 Å². The van der Waals surface area contributed by atoms with Gasteiger partial charge in [0.2, 0.25) is 0 Å². The molecule has 0 radical (unpaired) electrons. The van der Waals surface area contributed by atoms with E-state index >= 15 is 0 Å². The van der Waals surface area contributed by atoms with Crippen LogP contribution in [-0.2, 0) is 12.8 Å². The standard InChI is InChI=1S/C16H16ClNO2/c1-10-4-13(9-18-8-10)15(19)7-12-6-14(17)5-11-2-3-20-16(11)12/h4-6,8-9,15,19H,2-3,7H2,1H3. The smallest absolute Gasteiger partial charge is 0.126 e. The van der Waals surface area contributed by atoms with E-state index in [1.807, 2.05) is 25.1 Å². The molecule has 1 aromatic carbocycles. The highest BCUT2D eigenvalue weighted by Crippen LogP contribution is 2.35. The van der Waals surface area contributed by atoms with Crippen LogP contribution in [0.5, 0.6) is 5.75 Å². The predicted octanol–water partition coefficient (Wildman–Crippen LogP) is 3.25. The fourth-order valence-corrected chi connectivity index (χ4v) is 2.85. The lowest BCUT2D eigenvalue weighted by atomic mass is 9.99. The number of aromatic nitrogens is 1. The van der Waals surface area contributed by atoms with Crippen molar-refractivity contribution in [3.05, 3.63) is 57.9 Å². The number of pyridine rings is 1. The highest BCUT2D eigenvalue weighted by molar-refractivity contribution is 6.30. The number of aliphatic hydroxyl groups excluding tert-OH is 1. The van der Waals surface area contributed by atoms with Crippen LogP contribution in [0.3, 0.4) is 0 Å². The maximum atomic E-state index is 10.4. The molecule has 104 valence electrons. The van der Waals surface area contributed by atoms with Gasteiger partial charge in [-0.15, -0.1) is 0 Å². The van der Waals surface area contributed by atoms with Gasteiger partial charge in [-0.25, -0.2) is 0 Å². The van der Waals surface area contributed by atoms with Crippen molar-refractivity contribution in [3.8, 4) is 5.75 Å². The molecule has 1 unspecified atom stereocenters. The molecule has 20 heavy (non-hydrogen) atoms. The minimum absolute atomic E-state index is 0.480. The molecule has 2 aromatic rings. The quantitative estimate of drug-likeness (QED) is 0.943. The summed E-state index contributed by atoms with van der Waals surface area (Å²) in [6, 6.07) is 5.76. The lowest BCUT2D eigenvalue weighted by Gasteiger charge is -2.14. The minimum Gasteiger partial charge on any atom is -0.493 e. The Morgan fingerprint density at radius 3 is 3.00 bits per heavy atom. The first-order valence-electron chi connectivity index (χ1n) is 6.67. The van der Waals surface area contributed by atoms with Gasteiger partial charge in [0.15, 0.2) is 0 Å². The maximum Gasteiger partial charge on any atom is 0.126 e. The van der Waals surface area contributed by atoms with E-state index in [0.29, 0.717) is 18.1 Å². The van der Waals surface area contributed by atoms with Crippen LogP contribution in [0.25, 0.3) is 0 Å². The lowest BCUT2D eigenvalue weighted by molar-refractivity contribution is 0.176. The number of rotatable bonds is 3. The Balaban J connectivity index is 1.88. The number of aryl methyl sites for hydroxylation is 1. The van der Waals surface area contributed by atoms with Crippen molar-refractivity contribution in [1.29, 1.82) is 0 Å². The summed E-state index contributed by atoms with van der Waals surface area (Å²) >= 11 is 6.13. The Hall–Kier alpha value is -1.58. The van der Waals surface area contributed by atoms with Gasteiger partial charge in [0.05, 0.1) is 12.7 Å². The van der Waals surface area contributed by atoms with Crippen LogP contribution >= 0.6 is 11.6 Å². The predicted molar refractivity (Wildman–Crippen MR) is 78.3 cm³/mol. The Bertz CT molecular complexity index is 642. The Labute approximate surface area is 123 Å². The molecule has 3 rings (SSSR count). The summed E-state index contributed by atoms with van der Waals surface area (Å²) < 4.78 is 5.66. The van der Waals surface area contributed by atoms with Gasteiger partial charge in [-0.1, -0.05) is 17.7 Å². The van der Waals surface area contributed by atoms with E-state index in [2.05, 4.69) is 4.98 Å². The van der Waals surface area contributed by atoms with Gasteiger partial charge in [-0.2, -0.15) is 0 Å². The zero-order valence-corrected chi connectivity index (χ0v) is 12.0. The summed E-state index contributed by atoms with van der Waals surface area (Å²) in [4.78, 5) is 4.12. The van der Waals surface area contributed by atoms with Gasteiger partial charge in [-0.3, -0.25) is 4.98 Å². The lowest BCUT2D eigenvalue weighted by Crippen LogP contribution is -2.04. The molecule has 2 heterocycles. The van der Waals surface area contributed by atoms with Crippen LogP contribution in [0, 0.1) is 6.92 Å². The van der Waals surface area contributed by atoms with Crippen molar-refractivity contribution >= 4 is 11.6 Å². The average Bonchev–Trinajstić information content (AvgIpc) is 2.86. The topological polar surface area (TPSA) is 42.4 Å². The zero-order chi connectivity index (χ0) is 14.1. The van der Waals surface area contributed by atoms with Crippen LogP contribution in [0.1, 0.15) is 28.4 Å². The van der Waals surface area contributed by atoms with Crippen molar-refractivity contribution in [3.63, 3.8) is 0 Å². The van der Waals surface area contributed by atoms with Crippen molar-refractivity contribution in [2.75, 3.05) is 6.61 Å². The normalized spacial score (nSPS) is 14.8. The molecule has 1 aliphatic rings. The van der Waals surface area contributed by atoms with Gasteiger partial charge < -0.3 is 9.84 Å². The summed E-state index contributed by atoms with van der Waals surface area (Å²) in [6.45, 7) is 2.65. The van der Waals surface area contributed by atoms with Crippen LogP contribution < -0.4 is 4.74 Å². The monoisotopic (exact) mass is 289 g/mol. The largest absolute Gasteiger partial charge is 0.493 e. The number of fused-ring (bicyclic) bond motifs is 1. The molecule has 0 amide bonds. The van der Waals surface area contributed by atoms with Crippen molar-refractivity contribution < 1.29 is 9.84 Å². The van der Waals surface area contributed by atoms with Gasteiger partial charge in [0.1, 0.15) is 5.75 Å². The molecule has 0 saturated heterocycles. The third-order valence-corrected chi connectivity index (χ3v) is 3.74. The first kappa shape index (κ1) is 13.4. The first-order chi connectivity index (χ1) is 9.63. The summed E-state index contributed by atoms with van der Waals surface area (Å²) in [5.41, 5.74) is 3.94. The van der Waals surface area contributed by atoms with Gasteiger partial charge in [-0.05, 0) is 41.3 Å². The van der Waals surface area contributed by atoms with Gasteiger partial charge in [0.25, 0.3) is 0 Å². The number of aliphatic hydroxyl groups is 1. The van der Waals surface area contributed by atoms with E-state index in [-0.39, 0.29) is 0 Å². The summed E-state index contributed by atoms with van der Waals surface area (Å²) in [6.07, 6.45) is 4.23. The second kappa shape index (κ2) is 5.43. The Kier molecular flexibility index (Phi) is 3.64. The highest BCUT2D eigenvalue weighted by atomic mass is 35.5. The third-order valence-electron chi connectivity index (χ3n) is 3.52. The molecule has 0 saturated carbocycles. The molecule has 0 bridgehead atoms. The van der Waals surface area contributed by atoms with Gasteiger partial charge >= 0.3 is 0 Å². The Morgan fingerprint density at radius 1 is 1.35 bits per heavy atom.